The highest BCUT2D eigenvalue weighted by Gasteiger charge is 2.23. The maximum Gasteiger partial charge on any atom is 0.241 e. The van der Waals surface area contributed by atoms with Gasteiger partial charge in [-0.15, -0.1) is 24.8 Å². The minimum absolute atomic E-state index is 0. The topological polar surface area (TPSA) is 59.0 Å². The fraction of sp³-hybridized carbons (Fsp3) is 0.273. The van der Waals surface area contributed by atoms with E-state index < -0.39 is 0 Å². The molecule has 1 amide bonds. The number of nitrogens with zero attached hydrogens (tertiary/aromatic N) is 2. The van der Waals surface area contributed by atoms with Crippen LogP contribution in [-0.4, -0.2) is 28.0 Å². The monoisotopic (exact) mass is 430 g/mol. The molecule has 0 spiro atoms. The molecule has 0 radical (unpaired) electrons. The van der Waals surface area contributed by atoms with Gasteiger partial charge in [0.2, 0.25) is 5.91 Å². The summed E-state index contributed by atoms with van der Waals surface area (Å²) in [5.74, 6) is 1.04. The lowest BCUT2D eigenvalue weighted by Gasteiger charge is -2.17. The number of carbonyl (C=O) groups is 1. The first kappa shape index (κ1) is 21.4. The zero-order valence-corrected chi connectivity index (χ0v) is 18.0. The molecule has 0 saturated carbocycles. The smallest absolute Gasteiger partial charge is 0.241 e. The van der Waals surface area contributed by atoms with E-state index in [1.54, 1.807) is 0 Å². The van der Waals surface area contributed by atoms with Crippen LogP contribution in [0.2, 0.25) is 0 Å². The van der Waals surface area contributed by atoms with Crippen LogP contribution in [0.4, 0.5) is 5.69 Å². The van der Waals surface area contributed by atoms with Crippen LogP contribution < -0.4 is 10.6 Å². The fourth-order valence-electron chi connectivity index (χ4n) is 4.28. The molecule has 1 saturated heterocycles. The molecule has 2 N–H and O–H groups in total. The molecule has 0 unspecified atom stereocenters. The Morgan fingerprint density at radius 3 is 2.72 bits per heavy atom. The number of carbonyl (C=O) groups excluding carboxylic acids is 1. The number of rotatable bonds is 2. The van der Waals surface area contributed by atoms with Crippen LogP contribution in [0, 0.1) is 6.92 Å². The number of halogens is 2. The fourth-order valence-corrected chi connectivity index (χ4v) is 4.28. The van der Waals surface area contributed by atoms with Gasteiger partial charge in [0.1, 0.15) is 5.82 Å². The molecule has 0 aromatic heterocycles. The highest BCUT2D eigenvalue weighted by atomic mass is 35.5. The second kappa shape index (κ2) is 8.19. The summed E-state index contributed by atoms with van der Waals surface area (Å²) in [5.41, 5.74) is 5.35. The summed E-state index contributed by atoms with van der Waals surface area (Å²) in [6.07, 6.45) is 1.96. The van der Waals surface area contributed by atoms with Crippen molar-refractivity contribution >= 4 is 58.2 Å². The number of para-hydroxylation sites is 1. The van der Waals surface area contributed by atoms with Crippen molar-refractivity contribution in [1.82, 2.24) is 14.9 Å². The number of pyridine rings is 1. The number of nitrogens with one attached hydrogen (secondary N) is 2. The quantitative estimate of drug-likeness (QED) is 0.485. The van der Waals surface area contributed by atoms with Crippen molar-refractivity contribution in [3.05, 3.63) is 48.0 Å². The molecule has 7 heteroatoms. The Kier molecular flexibility index (Phi) is 6.03. The van der Waals surface area contributed by atoms with Crippen molar-refractivity contribution in [3.63, 3.8) is 0 Å². The van der Waals surface area contributed by atoms with Gasteiger partial charge in [-0.25, -0.2) is 4.98 Å². The lowest BCUT2D eigenvalue weighted by atomic mass is 9.99. The third-order valence-electron chi connectivity index (χ3n) is 5.72. The van der Waals surface area contributed by atoms with Gasteiger partial charge in [0.25, 0.3) is 0 Å². The van der Waals surface area contributed by atoms with Gasteiger partial charge in [-0.05, 0) is 56.1 Å². The largest absolute Gasteiger partial charge is 0.328 e. The van der Waals surface area contributed by atoms with Crippen LogP contribution in [0.1, 0.15) is 18.4 Å². The summed E-state index contributed by atoms with van der Waals surface area (Å²) in [6, 6.07) is 14.3. The molecular formula is C22H24Cl2N4O. The summed E-state index contributed by atoms with van der Waals surface area (Å²) in [7, 11) is 2.05. The molecule has 2 aromatic rings. The molecule has 0 bridgehead atoms. The molecule has 3 aliphatic rings. The van der Waals surface area contributed by atoms with Crippen molar-refractivity contribution in [2.45, 2.75) is 25.8 Å². The van der Waals surface area contributed by atoms with E-state index in [0.29, 0.717) is 0 Å². The molecule has 152 valence electrons. The summed E-state index contributed by atoms with van der Waals surface area (Å²) in [4.78, 5) is 17.3. The maximum atomic E-state index is 12.5. The summed E-state index contributed by atoms with van der Waals surface area (Å²) >= 11 is 0. The third kappa shape index (κ3) is 3.44. The first-order valence-electron chi connectivity index (χ1n) is 9.45. The molecule has 0 aliphatic carbocycles. The molecule has 29 heavy (non-hydrogen) atoms. The van der Waals surface area contributed by atoms with Crippen molar-refractivity contribution in [3.8, 4) is 11.4 Å². The van der Waals surface area contributed by atoms with E-state index in [-0.39, 0.29) is 36.8 Å². The Hall–Kier alpha value is -2.34. The summed E-state index contributed by atoms with van der Waals surface area (Å²) < 4.78 is 2.14. The van der Waals surface area contributed by atoms with Crippen LogP contribution in [0.5, 0.6) is 0 Å². The minimum atomic E-state index is -0.0800. The second-order valence-corrected chi connectivity index (χ2v) is 7.38. The Morgan fingerprint density at radius 1 is 1.17 bits per heavy atom. The van der Waals surface area contributed by atoms with Crippen LogP contribution in [0.25, 0.3) is 33.2 Å². The number of aryl methyl sites for hydroxylation is 2. The number of hydrogen-bond donors (Lipinski definition) is 2. The first-order valence-corrected chi connectivity index (χ1v) is 9.45. The van der Waals surface area contributed by atoms with Crippen LogP contribution >= 0.6 is 24.8 Å². The van der Waals surface area contributed by atoms with E-state index in [0.717, 1.165) is 47.3 Å². The molecular weight excluding hydrogens is 407 g/mol. The Balaban J connectivity index is 0.00000120. The highest BCUT2D eigenvalue weighted by molar-refractivity contribution is 6.05. The Bertz CT molecular complexity index is 1160. The summed E-state index contributed by atoms with van der Waals surface area (Å²) in [6.45, 7) is 3.06. The number of fused-ring (bicyclic) bond motifs is 4. The van der Waals surface area contributed by atoms with E-state index in [1.807, 2.05) is 12.1 Å². The van der Waals surface area contributed by atoms with Gasteiger partial charge in [0.15, 0.2) is 0 Å². The maximum absolute atomic E-state index is 12.5. The van der Waals surface area contributed by atoms with Crippen LogP contribution in [-0.2, 0) is 11.8 Å². The normalized spacial score (nSPS) is 16.0. The SMILES string of the molecule is Cc1c2c3ccccc3nc-2n(C)c2ccc(NC(=O)[C@@H]3CCCN3)cc12.Cl.Cl. The third-order valence-corrected chi connectivity index (χ3v) is 5.72. The van der Waals surface area contributed by atoms with Crippen molar-refractivity contribution < 1.29 is 4.79 Å². The molecule has 5 nitrogen and oxygen atoms in total. The van der Waals surface area contributed by atoms with Gasteiger partial charge < -0.3 is 15.2 Å². The van der Waals surface area contributed by atoms with Gasteiger partial charge in [-0.1, -0.05) is 18.2 Å². The summed E-state index contributed by atoms with van der Waals surface area (Å²) in [5, 5.41) is 8.64. The molecule has 5 rings (SSSR count). The molecule has 1 fully saturated rings. The number of aromatic nitrogens is 2. The van der Waals surface area contributed by atoms with Gasteiger partial charge >= 0.3 is 0 Å². The molecule has 2 aromatic carbocycles. The zero-order valence-electron chi connectivity index (χ0n) is 16.4. The van der Waals surface area contributed by atoms with Gasteiger partial charge in [0, 0.05) is 34.6 Å². The number of amides is 1. The van der Waals surface area contributed by atoms with E-state index >= 15 is 0 Å². The average molecular weight is 431 g/mol. The molecule has 3 heterocycles. The first-order chi connectivity index (χ1) is 13.1. The Labute approximate surface area is 182 Å². The van der Waals surface area contributed by atoms with Gasteiger partial charge in [-0.3, -0.25) is 4.79 Å². The predicted molar refractivity (Wildman–Crippen MR) is 124 cm³/mol. The van der Waals surface area contributed by atoms with Crippen molar-refractivity contribution in [2.75, 3.05) is 11.9 Å². The van der Waals surface area contributed by atoms with Crippen molar-refractivity contribution in [1.29, 1.82) is 0 Å². The average Bonchev–Trinajstić information content (AvgIpc) is 3.34. The Morgan fingerprint density at radius 2 is 1.97 bits per heavy atom. The van der Waals surface area contributed by atoms with E-state index in [4.69, 9.17) is 4.98 Å². The highest BCUT2D eigenvalue weighted by Crippen LogP contribution is 2.38. The van der Waals surface area contributed by atoms with Gasteiger partial charge in [0.05, 0.1) is 11.6 Å². The predicted octanol–water partition coefficient (Wildman–Crippen LogP) is 4.67. The van der Waals surface area contributed by atoms with E-state index in [2.05, 4.69) is 59.5 Å². The van der Waals surface area contributed by atoms with Crippen LogP contribution in [0.3, 0.4) is 0 Å². The number of benzene rings is 2. The van der Waals surface area contributed by atoms with Gasteiger partial charge in [-0.2, -0.15) is 0 Å². The second-order valence-electron chi connectivity index (χ2n) is 7.38. The lowest BCUT2D eigenvalue weighted by molar-refractivity contribution is -0.117. The van der Waals surface area contributed by atoms with E-state index in [1.165, 1.54) is 16.5 Å². The number of anilines is 1. The van der Waals surface area contributed by atoms with Crippen molar-refractivity contribution in [2.24, 2.45) is 7.05 Å². The number of hydrogen-bond acceptors (Lipinski definition) is 3. The molecule has 3 aliphatic heterocycles. The van der Waals surface area contributed by atoms with E-state index in [9.17, 15) is 4.79 Å². The van der Waals surface area contributed by atoms with Crippen LogP contribution in [0.15, 0.2) is 42.5 Å². The minimum Gasteiger partial charge on any atom is -0.328 e. The standard InChI is InChI=1S/C22H22N4O.2ClH/c1-13-16-12-14(24-22(27)18-8-5-11-23-18)9-10-19(16)26(2)21-20(13)15-6-3-4-7-17(15)25-21;;/h3-4,6-7,9-10,12,18,23H,5,8,11H2,1-2H3,(H,24,27);2*1H/t18-;;/m0../s1. The molecule has 1 atom stereocenters. The lowest BCUT2D eigenvalue weighted by Crippen LogP contribution is -2.35. The zero-order chi connectivity index (χ0) is 18.5.